The van der Waals surface area contributed by atoms with Gasteiger partial charge in [-0.05, 0) is 45.4 Å². The van der Waals surface area contributed by atoms with Crippen molar-refractivity contribution in [2.45, 2.75) is 40.3 Å². The molecule has 0 radical (unpaired) electrons. The van der Waals surface area contributed by atoms with Crippen LogP contribution >= 0.6 is 0 Å². The molecule has 3 nitrogen and oxygen atoms in total. The maximum atomic E-state index is 5.49. The minimum Gasteiger partial charge on any atom is -0.377 e. The van der Waals surface area contributed by atoms with E-state index in [1.54, 1.807) is 0 Å². The highest BCUT2D eigenvalue weighted by Gasteiger charge is 2.02. The molecule has 1 N–H and O–H groups in total. The van der Waals surface area contributed by atoms with Gasteiger partial charge in [-0.2, -0.15) is 0 Å². The highest BCUT2D eigenvalue weighted by molar-refractivity contribution is 5.47. The van der Waals surface area contributed by atoms with Crippen molar-refractivity contribution in [2.75, 3.05) is 31.1 Å². The molecule has 1 aromatic rings. The van der Waals surface area contributed by atoms with Crippen LogP contribution in [0.3, 0.4) is 0 Å². The Bertz CT molecular complexity index is 333. The average molecular weight is 264 g/mol. The van der Waals surface area contributed by atoms with E-state index in [9.17, 15) is 0 Å². The van der Waals surface area contributed by atoms with Gasteiger partial charge in [0, 0.05) is 38.5 Å². The monoisotopic (exact) mass is 264 g/mol. The van der Waals surface area contributed by atoms with Gasteiger partial charge in [-0.3, -0.25) is 0 Å². The predicted molar refractivity (Wildman–Crippen MR) is 82.8 cm³/mol. The summed E-state index contributed by atoms with van der Waals surface area (Å²) in [6.07, 6.45) is 0.278. The minimum atomic E-state index is 0.278. The van der Waals surface area contributed by atoms with Crippen LogP contribution in [0.2, 0.25) is 0 Å². The number of nitrogens with zero attached hydrogens (tertiary/aromatic N) is 1. The number of anilines is 1. The Balaban J connectivity index is 2.40. The fourth-order valence-corrected chi connectivity index (χ4v) is 2.18. The van der Waals surface area contributed by atoms with Crippen LogP contribution in [0.1, 0.15) is 33.3 Å². The Hall–Kier alpha value is -1.06. The lowest BCUT2D eigenvalue weighted by atomic mass is 10.2. The number of hydrogen-bond acceptors (Lipinski definition) is 3. The van der Waals surface area contributed by atoms with Crippen molar-refractivity contribution < 1.29 is 4.74 Å². The van der Waals surface area contributed by atoms with E-state index >= 15 is 0 Å². The van der Waals surface area contributed by atoms with Crippen molar-refractivity contribution >= 4 is 5.69 Å². The molecule has 19 heavy (non-hydrogen) atoms. The van der Waals surface area contributed by atoms with E-state index in [4.69, 9.17) is 4.74 Å². The number of rotatable bonds is 9. The summed E-state index contributed by atoms with van der Waals surface area (Å²) >= 11 is 0. The first-order valence-electron chi connectivity index (χ1n) is 7.37. The number of hydrogen-bond donors (Lipinski definition) is 1. The second-order valence-electron chi connectivity index (χ2n) is 4.74. The summed E-state index contributed by atoms with van der Waals surface area (Å²) in [6.45, 7) is 13.2. The molecule has 0 bridgehead atoms. The van der Waals surface area contributed by atoms with Gasteiger partial charge in [-0.25, -0.2) is 0 Å². The van der Waals surface area contributed by atoms with Crippen LogP contribution in [0.25, 0.3) is 0 Å². The molecule has 0 heterocycles. The Morgan fingerprint density at radius 2 is 1.74 bits per heavy atom. The van der Waals surface area contributed by atoms with Gasteiger partial charge in [0.25, 0.3) is 0 Å². The first kappa shape index (κ1) is 16.0. The van der Waals surface area contributed by atoms with Crippen molar-refractivity contribution in [1.82, 2.24) is 5.32 Å². The van der Waals surface area contributed by atoms with Crippen LogP contribution in [-0.4, -0.2) is 32.3 Å². The number of nitrogens with one attached hydrogen (secondary N) is 1. The normalized spacial score (nSPS) is 12.4. The first-order valence-corrected chi connectivity index (χ1v) is 7.37. The molecule has 1 atom stereocenters. The van der Waals surface area contributed by atoms with Crippen molar-refractivity contribution in [3.05, 3.63) is 29.8 Å². The zero-order valence-corrected chi connectivity index (χ0v) is 12.8. The van der Waals surface area contributed by atoms with Crippen molar-refractivity contribution in [3.63, 3.8) is 0 Å². The summed E-state index contributed by atoms with van der Waals surface area (Å²) in [5.41, 5.74) is 2.62. The molecule has 0 saturated carbocycles. The molecule has 1 aromatic carbocycles. The molecular weight excluding hydrogens is 236 g/mol. The second kappa shape index (κ2) is 8.94. The summed E-state index contributed by atoms with van der Waals surface area (Å²) in [4.78, 5) is 2.36. The lowest BCUT2D eigenvalue weighted by Gasteiger charge is -2.21. The third-order valence-corrected chi connectivity index (χ3v) is 3.28. The van der Waals surface area contributed by atoms with Gasteiger partial charge >= 0.3 is 0 Å². The number of benzene rings is 1. The van der Waals surface area contributed by atoms with Gasteiger partial charge in [0.15, 0.2) is 0 Å². The van der Waals surface area contributed by atoms with Gasteiger partial charge in [0.2, 0.25) is 0 Å². The quantitative estimate of drug-likeness (QED) is 0.742. The standard InChI is InChI=1S/C16H28N2O/c1-5-18(6-2)16-10-8-15(9-11-16)13-17-12-14(4)19-7-3/h8-11,14,17H,5-7,12-13H2,1-4H3. The Morgan fingerprint density at radius 1 is 1.11 bits per heavy atom. The van der Waals surface area contributed by atoms with Crippen LogP contribution in [0.5, 0.6) is 0 Å². The fraction of sp³-hybridized carbons (Fsp3) is 0.625. The summed E-state index contributed by atoms with van der Waals surface area (Å²) < 4.78 is 5.49. The molecule has 3 heteroatoms. The van der Waals surface area contributed by atoms with Crippen LogP contribution in [0, 0.1) is 0 Å². The zero-order valence-electron chi connectivity index (χ0n) is 12.8. The lowest BCUT2D eigenvalue weighted by Crippen LogP contribution is -2.26. The van der Waals surface area contributed by atoms with Gasteiger partial charge in [-0.1, -0.05) is 12.1 Å². The third kappa shape index (κ3) is 5.62. The highest BCUT2D eigenvalue weighted by Crippen LogP contribution is 2.14. The summed E-state index contributed by atoms with van der Waals surface area (Å²) in [5, 5.41) is 3.42. The van der Waals surface area contributed by atoms with E-state index in [1.807, 2.05) is 6.92 Å². The van der Waals surface area contributed by atoms with E-state index in [0.717, 1.165) is 32.8 Å². The molecule has 0 saturated heterocycles. The van der Waals surface area contributed by atoms with Crippen LogP contribution in [0.15, 0.2) is 24.3 Å². The van der Waals surface area contributed by atoms with Crippen molar-refractivity contribution in [2.24, 2.45) is 0 Å². The van der Waals surface area contributed by atoms with Gasteiger partial charge in [0.05, 0.1) is 6.10 Å². The van der Waals surface area contributed by atoms with Crippen LogP contribution in [0.4, 0.5) is 5.69 Å². The molecule has 0 aromatic heterocycles. The van der Waals surface area contributed by atoms with E-state index in [-0.39, 0.29) is 6.10 Å². The Labute approximate surface area is 118 Å². The van der Waals surface area contributed by atoms with Crippen molar-refractivity contribution in [3.8, 4) is 0 Å². The predicted octanol–water partition coefficient (Wildman–Crippen LogP) is 3.05. The molecular formula is C16H28N2O. The highest BCUT2D eigenvalue weighted by atomic mass is 16.5. The smallest absolute Gasteiger partial charge is 0.0671 e. The van der Waals surface area contributed by atoms with E-state index < -0.39 is 0 Å². The molecule has 0 fully saturated rings. The summed E-state index contributed by atoms with van der Waals surface area (Å²) in [6, 6.07) is 8.81. The molecule has 0 spiro atoms. The minimum absolute atomic E-state index is 0.278. The van der Waals surface area contributed by atoms with E-state index in [1.165, 1.54) is 11.3 Å². The fourth-order valence-electron chi connectivity index (χ4n) is 2.18. The summed E-state index contributed by atoms with van der Waals surface area (Å²) in [5.74, 6) is 0. The average Bonchev–Trinajstić information content (AvgIpc) is 2.42. The maximum Gasteiger partial charge on any atom is 0.0671 e. The van der Waals surface area contributed by atoms with Crippen LogP contribution in [-0.2, 0) is 11.3 Å². The Kier molecular flexibility index (Phi) is 7.53. The molecule has 0 aliphatic rings. The Morgan fingerprint density at radius 3 is 2.26 bits per heavy atom. The van der Waals surface area contributed by atoms with Crippen LogP contribution < -0.4 is 10.2 Å². The maximum absolute atomic E-state index is 5.49. The first-order chi connectivity index (χ1) is 9.21. The third-order valence-electron chi connectivity index (χ3n) is 3.28. The topological polar surface area (TPSA) is 24.5 Å². The molecule has 0 amide bonds. The molecule has 108 valence electrons. The number of ether oxygens (including phenoxy) is 1. The molecule has 0 aliphatic carbocycles. The van der Waals surface area contributed by atoms with E-state index in [0.29, 0.717) is 0 Å². The van der Waals surface area contributed by atoms with Gasteiger partial charge in [0.1, 0.15) is 0 Å². The van der Waals surface area contributed by atoms with Gasteiger partial charge < -0.3 is 15.0 Å². The molecule has 1 unspecified atom stereocenters. The lowest BCUT2D eigenvalue weighted by molar-refractivity contribution is 0.0759. The SMILES string of the molecule is CCOC(C)CNCc1ccc(N(CC)CC)cc1. The van der Waals surface area contributed by atoms with E-state index in [2.05, 4.69) is 55.3 Å². The largest absolute Gasteiger partial charge is 0.377 e. The zero-order chi connectivity index (χ0) is 14.1. The molecule has 0 aliphatic heterocycles. The second-order valence-corrected chi connectivity index (χ2v) is 4.74. The summed E-state index contributed by atoms with van der Waals surface area (Å²) in [7, 11) is 0. The van der Waals surface area contributed by atoms with Crippen molar-refractivity contribution in [1.29, 1.82) is 0 Å². The molecule has 1 rings (SSSR count). The van der Waals surface area contributed by atoms with Gasteiger partial charge in [-0.15, -0.1) is 0 Å².